The van der Waals surface area contributed by atoms with E-state index < -0.39 is 10.0 Å². The quantitative estimate of drug-likeness (QED) is 0.537. The number of carbonyl (C=O) groups excluding carboxylic acids is 1. The monoisotopic (exact) mass is 479 g/mol. The van der Waals surface area contributed by atoms with Crippen LogP contribution in [-0.2, 0) is 21.3 Å². The second-order valence-corrected chi connectivity index (χ2v) is 10.2. The fraction of sp³-hybridized carbons (Fsp3) is 0.269. The van der Waals surface area contributed by atoms with Gasteiger partial charge in [-0.3, -0.25) is 14.0 Å². The number of hydrogen-bond acceptors (Lipinski definition) is 5. The molecule has 3 aromatic rings. The molecule has 8 heteroatoms. The summed E-state index contributed by atoms with van der Waals surface area (Å²) >= 11 is 0. The summed E-state index contributed by atoms with van der Waals surface area (Å²) in [4.78, 5) is 15.1. The molecule has 1 saturated heterocycles. The molecule has 34 heavy (non-hydrogen) atoms. The third-order valence-electron chi connectivity index (χ3n) is 5.86. The van der Waals surface area contributed by atoms with Crippen LogP contribution in [0.5, 0.6) is 0 Å². The van der Waals surface area contributed by atoms with E-state index in [2.05, 4.69) is 22.3 Å². The maximum atomic E-state index is 12.9. The van der Waals surface area contributed by atoms with Gasteiger partial charge >= 0.3 is 0 Å². The highest BCUT2D eigenvalue weighted by Crippen LogP contribution is 2.22. The van der Waals surface area contributed by atoms with Crippen molar-refractivity contribution in [3.63, 3.8) is 0 Å². The standard InChI is InChI=1S/C26H29N3O4S/c1-28(23-10-6-3-7-11-23)34(31,32)25-14-12-22(13-15-25)26(30)27-18-24-20-29(16-17-33-24)19-21-8-4-2-5-9-21/h2-15,24H,16-20H2,1H3,(H,27,30). The Balaban J connectivity index is 1.32. The van der Waals surface area contributed by atoms with Crippen LogP contribution < -0.4 is 9.62 Å². The number of benzene rings is 3. The van der Waals surface area contributed by atoms with E-state index in [0.29, 0.717) is 24.4 Å². The van der Waals surface area contributed by atoms with Gasteiger partial charge in [0, 0.05) is 38.8 Å². The van der Waals surface area contributed by atoms with Gasteiger partial charge in [0.25, 0.3) is 15.9 Å². The number of rotatable bonds is 8. The molecule has 3 aromatic carbocycles. The minimum absolute atomic E-state index is 0.0967. The van der Waals surface area contributed by atoms with Crippen LogP contribution in [0.2, 0.25) is 0 Å². The van der Waals surface area contributed by atoms with Gasteiger partial charge < -0.3 is 10.1 Å². The number of ether oxygens (including phenoxy) is 1. The van der Waals surface area contributed by atoms with Crippen LogP contribution in [0.15, 0.2) is 89.8 Å². The molecule has 1 heterocycles. The minimum atomic E-state index is -3.72. The lowest BCUT2D eigenvalue weighted by Crippen LogP contribution is -2.47. The SMILES string of the molecule is CN(c1ccccc1)S(=O)(=O)c1ccc(C(=O)NCC2CN(Cc3ccccc3)CCO2)cc1. The molecule has 0 saturated carbocycles. The summed E-state index contributed by atoms with van der Waals surface area (Å²) in [6.07, 6.45) is -0.0967. The molecule has 1 N–H and O–H groups in total. The Morgan fingerprint density at radius 3 is 2.32 bits per heavy atom. The third-order valence-corrected chi connectivity index (χ3v) is 7.66. The molecule has 0 spiro atoms. The molecule has 0 radical (unpaired) electrons. The lowest BCUT2D eigenvalue weighted by atomic mass is 10.2. The van der Waals surface area contributed by atoms with Gasteiger partial charge in [0.05, 0.1) is 23.3 Å². The van der Waals surface area contributed by atoms with Gasteiger partial charge in [0.15, 0.2) is 0 Å². The first kappa shape index (κ1) is 23.9. The summed E-state index contributed by atoms with van der Waals surface area (Å²) in [5.74, 6) is -0.260. The first-order chi connectivity index (χ1) is 16.4. The van der Waals surface area contributed by atoms with Crippen LogP contribution >= 0.6 is 0 Å². The Morgan fingerprint density at radius 1 is 1.00 bits per heavy atom. The van der Waals surface area contributed by atoms with Crippen LogP contribution in [0.3, 0.4) is 0 Å². The van der Waals surface area contributed by atoms with Gasteiger partial charge in [-0.1, -0.05) is 48.5 Å². The summed E-state index contributed by atoms with van der Waals surface area (Å²) in [5, 5.41) is 2.91. The Kier molecular flexibility index (Phi) is 7.62. The lowest BCUT2D eigenvalue weighted by molar-refractivity contribution is -0.0292. The second kappa shape index (κ2) is 10.8. The summed E-state index contributed by atoms with van der Waals surface area (Å²) in [7, 11) is -2.21. The number of amides is 1. The zero-order chi connectivity index (χ0) is 24.0. The zero-order valence-electron chi connectivity index (χ0n) is 19.1. The van der Waals surface area contributed by atoms with Gasteiger partial charge in [-0.2, -0.15) is 0 Å². The molecule has 178 valence electrons. The molecule has 0 aromatic heterocycles. The van der Waals surface area contributed by atoms with Crippen LogP contribution in [0.25, 0.3) is 0 Å². The molecular weight excluding hydrogens is 450 g/mol. The molecule has 7 nitrogen and oxygen atoms in total. The van der Waals surface area contributed by atoms with Crippen molar-refractivity contribution in [2.24, 2.45) is 0 Å². The van der Waals surface area contributed by atoms with Crippen molar-refractivity contribution in [3.8, 4) is 0 Å². The van der Waals surface area contributed by atoms with Gasteiger partial charge in [-0.15, -0.1) is 0 Å². The normalized spacial score (nSPS) is 16.7. The Hall–Kier alpha value is -3.20. The molecular formula is C26H29N3O4S. The fourth-order valence-electron chi connectivity index (χ4n) is 3.91. The highest BCUT2D eigenvalue weighted by Gasteiger charge is 2.23. The van der Waals surface area contributed by atoms with E-state index in [1.165, 1.54) is 41.2 Å². The predicted octanol–water partition coefficient (Wildman–Crippen LogP) is 3.14. The van der Waals surface area contributed by atoms with Crippen molar-refractivity contribution < 1.29 is 17.9 Å². The largest absolute Gasteiger partial charge is 0.374 e. The maximum Gasteiger partial charge on any atom is 0.264 e. The Labute approximate surface area is 201 Å². The molecule has 1 aliphatic rings. The number of para-hydroxylation sites is 1. The van der Waals surface area contributed by atoms with Crippen molar-refractivity contribution in [2.75, 3.05) is 37.6 Å². The van der Waals surface area contributed by atoms with E-state index in [9.17, 15) is 13.2 Å². The van der Waals surface area contributed by atoms with E-state index in [1.54, 1.807) is 24.3 Å². The van der Waals surface area contributed by atoms with Crippen molar-refractivity contribution in [1.82, 2.24) is 10.2 Å². The third kappa shape index (κ3) is 5.83. The maximum absolute atomic E-state index is 12.9. The molecule has 1 fully saturated rings. The fourth-order valence-corrected chi connectivity index (χ4v) is 5.11. The number of carbonyl (C=O) groups is 1. The Bertz CT molecular complexity index is 1190. The number of sulfonamides is 1. The number of hydrogen-bond donors (Lipinski definition) is 1. The van der Waals surface area contributed by atoms with Crippen molar-refractivity contribution in [1.29, 1.82) is 0 Å². The van der Waals surface area contributed by atoms with Gasteiger partial charge in [0.2, 0.25) is 0 Å². The molecule has 4 rings (SSSR count). The molecule has 1 aliphatic heterocycles. The van der Waals surface area contributed by atoms with Crippen molar-refractivity contribution in [2.45, 2.75) is 17.5 Å². The number of anilines is 1. The second-order valence-electron chi connectivity index (χ2n) is 8.26. The molecule has 0 bridgehead atoms. The average molecular weight is 480 g/mol. The van der Waals surface area contributed by atoms with E-state index >= 15 is 0 Å². The zero-order valence-corrected chi connectivity index (χ0v) is 19.9. The van der Waals surface area contributed by atoms with Gasteiger partial charge in [-0.25, -0.2) is 8.42 Å². The molecule has 1 amide bonds. The van der Waals surface area contributed by atoms with Crippen molar-refractivity contribution in [3.05, 3.63) is 96.1 Å². The number of nitrogens with zero attached hydrogens (tertiary/aromatic N) is 2. The van der Waals surface area contributed by atoms with Gasteiger partial charge in [0.1, 0.15) is 0 Å². The summed E-state index contributed by atoms with van der Waals surface area (Å²) in [5.41, 5.74) is 2.22. The lowest BCUT2D eigenvalue weighted by Gasteiger charge is -2.33. The first-order valence-electron chi connectivity index (χ1n) is 11.2. The van der Waals surface area contributed by atoms with E-state index in [1.807, 2.05) is 24.3 Å². The number of nitrogens with one attached hydrogen (secondary N) is 1. The highest BCUT2D eigenvalue weighted by atomic mass is 32.2. The van der Waals surface area contributed by atoms with Crippen LogP contribution in [-0.4, -0.2) is 58.6 Å². The average Bonchev–Trinajstić information content (AvgIpc) is 2.88. The smallest absolute Gasteiger partial charge is 0.264 e. The van der Waals surface area contributed by atoms with Crippen LogP contribution in [0.4, 0.5) is 5.69 Å². The van der Waals surface area contributed by atoms with Crippen molar-refractivity contribution >= 4 is 21.6 Å². The predicted molar refractivity (Wildman–Crippen MR) is 132 cm³/mol. The van der Waals surface area contributed by atoms with E-state index in [0.717, 1.165) is 19.6 Å². The number of morpholine rings is 1. The highest BCUT2D eigenvalue weighted by molar-refractivity contribution is 7.92. The van der Waals surface area contributed by atoms with E-state index in [-0.39, 0.29) is 16.9 Å². The van der Waals surface area contributed by atoms with Crippen LogP contribution in [0.1, 0.15) is 15.9 Å². The first-order valence-corrected chi connectivity index (χ1v) is 12.7. The Morgan fingerprint density at radius 2 is 1.65 bits per heavy atom. The molecule has 1 unspecified atom stereocenters. The molecule has 1 atom stereocenters. The molecule has 0 aliphatic carbocycles. The van der Waals surface area contributed by atoms with Gasteiger partial charge in [-0.05, 0) is 42.0 Å². The van der Waals surface area contributed by atoms with Crippen LogP contribution in [0, 0.1) is 0 Å². The summed E-state index contributed by atoms with van der Waals surface area (Å²) in [6.45, 7) is 3.45. The minimum Gasteiger partial charge on any atom is -0.374 e. The summed E-state index contributed by atoms with van der Waals surface area (Å²) < 4.78 is 32.9. The topological polar surface area (TPSA) is 79.0 Å². The van der Waals surface area contributed by atoms with E-state index in [4.69, 9.17) is 4.74 Å². The summed E-state index contributed by atoms with van der Waals surface area (Å²) in [6, 6.07) is 25.1.